The number of carbonyl (C=O) groups is 1. The average Bonchev–Trinajstić information content (AvgIpc) is 2.56. The van der Waals surface area contributed by atoms with Crippen LogP contribution in [0.5, 0.6) is 0 Å². The maximum absolute atomic E-state index is 10.9. The number of imidazole rings is 1. The average molecular weight is 285 g/mol. The Hall–Kier alpha value is -1.63. The number of carboxylic acid groups (broad SMARTS) is 1. The monoisotopic (exact) mass is 284 g/mol. The highest BCUT2D eigenvalue weighted by molar-refractivity contribution is 9.10. The molecule has 0 bridgehead atoms. The largest absolute Gasteiger partial charge is 0.476 e. The topological polar surface area (TPSA) is 70.7 Å². The number of aromatic carboxylic acids is 1. The van der Waals surface area contributed by atoms with E-state index >= 15 is 0 Å². The van der Waals surface area contributed by atoms with Gasteiger partial charge < -0.3 is 10.0 Å². The molecule has 0 atom stereocenters. The lowest BCUT2D eigenvalue weighted by molar-refractivity contribution is 0.0690. The van der Waals surface area contributed by atoms with Gasteiger partial charge in [0.2, 0.25) is 0 Å². The van der Waals surface area contributed by atoms with E-state index in [2.05, 4.69) is 26.0 Å². The first-order chi connectivity index (χ1) is 7.50. The Kier molecular flexibility index (Phi) is 2.55. The molecule has 0 unspecified atom stereocenters. The molecule has 0 aromatic carbocycles. The van der Waals surface area contributed by atoms with Crippen LogP contribution in [0.15, 0.2) is 16.7 Å². The van der Waals surface area contributed by atoms with Gasteiger partial charge in [0.25, 0.3) is 0 Å². The van der Waals surface area contributed by atoms with Crippen molar-refractivity contribution >= 4 is 33.4 Å². The van der Waals surface area contributed by atoms with Crippen molar-refractivity contribution in [2.45, 2.75) is 0 Å². The van der Waals surface area contributed by atoms with Crippen molar-refractivity contribution in [3.63, 3.8) is 0 Å². The van der Waals surface area contributed by atoms with Gasteiger partial charge in [0, 0.05) is 14.1 Å². The number of nitrogens with zero attached hydrogens (tertiary/aromatic N) is 4. The zero-order valence-corrected chi connectivity index (χ0v) is 10.3. The van der Waals surface area contributed by atoms with Gasteiger partial charge in [-0.05, 0) is 28.1 Å². The molecule has 0 aliphatic heterocycles. The summed E-state index contributed by atoms with van der Waals surface area (Å²) in [5, 5.41) is 13.1. The number of aromatic nitrogens is 3. The van der Waals surface area contributed by atoms with E-state index < -0.39 is 5.97 Å². The molecule has 2 rings (SSSR count). The molecule has 0 aliphatic carbocycles. The first-order valence-electron chi connectivity index (χ1n) is 4.46. The van der Waals surface area contributed by atoms with Gasteiger partial charge in [0.1, 0.15) is 10.4 Å². The fourth-order valence-electron chi connectivity index (χ4n) is 1.27. The summed E-state index contributed by atoms with van der Waals surface area (Å²) in [6.45, 7) is 0. The summed E-state index contributed by atoms with van der Waals surface area (Å²) in [4.78, 5) is 16.6. The van der Waals surface area contributed by atoms with Gasteiger partial charge in [-0.15, -0.1) is 5.10 Å². The molecule has 6 nitrogen and oxygen atoms in total. The lowest BCUT2D eigenvalue weighted by Crippen LogP contribution is -2.12. The van der Waals surface area contributed by atoms with E-state index in [0.29, 0.717) is 10.3 Å². The Balaban J connectivity index is 2.69. The molecule has 0 fully saturated rings. The second-order valence-electron chi connectivity index (χ2n) is 3.41. The molecule has 0 amide bonds. The van der Waals surface area contributed by atoms with E-state index in [9.17, 15) is 4.79 Å². The smallest absolute Gasteiger partial charge is 0.357 e. The molecule has 1 N–H and O–H groups in total. The molecule has 0 radical (unpaired) electrons. The van der Waals surface area contributed by atoms with Crippen molar-refractivity contribution in [1.29, 1.82) is 0 Å². The fraction of sp³-hybridized carbons (Fsp3) is 0.222. The third kappa shape index (κ3) is 1.63. The van der Waals surface area contributed by atoms with Crippen LogP contribution in [0.1, 0.15) is 10.5 Å². The zero-order chi connectivity index (χ0) is 11.9. The van der Waals surface area contributed by atoms with Crippen LogP contribution in [-0.4, -0.2) is 39.8 Å². The highest BCUT2D eigenvalue weighted by atomic mass is 79.9. The number of fused-ring (bicyclic) bond motifs is 1. The van der Waals surface area contributed by atoms with Gasteiger partial charge in [-0.2, -0.15) is 0 Å². The lowest BCUT2D eigenvalue weighted by atomic mass is 10.5. The number of hydrogen-bond donors (Lipinski definition) is 1. The standard InChI is InChI=1S/C9H9BrN4O2/c1-13(2)6-4-3-5-11-7(9(15)16)8(10)14(5)12-6/h3-4H,1-2H3,(H,15,16). The van der Waals surface area contributed by atoms with Gasteiger partial charge in [0.15, 0.2) is 11.3 Å². The summed E-state index contributed by atoms with van der Waals surface area (Å²) in [5.41, 5.74) is 0.457. The molecule has 0 spiro atoms. The fourth-order valence-corrected chi connectivity index (χ4v) is 1.79. The van der Waals surface area contributed by atoms with Crippen LogP contribution >= 0.6 is 15.9 Å². The third-order valence-electron chi connectivity index (χ3n) is 2.07. The Morgan fingerprint density at radius 3 is 2.75 bits per heavy atom. The van der Waals surface area contributed by atoms with Crippen molar-refractivity contribution in [3.8, 4) is 0 Å². The molecule has 7 heteroatoms. The molecule has 0 saturated carbocycles. The molecular weight excluding hydrogens is 276 g/mol. The summed E-state index contributed by atoms with van der Waals surface area (Å²) < 4.78 is 1.80. The van der Waals surface area contributed by atoms with E-state index in [1.165, 1.54) is 4.52 Å². The maximum atomic E-state index is 10.9. The SMILES string of the molecule is CN(C)c1ccc2nc(C(=O)O)c(Br)n2n1. The van der Waals surface area contributed by atoms with Crippen LogP contribution in [0.3, 0.4) is 0 Å². The normalized spacial score (nSPS) is 10.7. The summed E-state index contributed by atoms with van der Waals surface area (Å²) in [6, 6.07) is 3.50. The highest BCUT2D eigenvalue weighted by Crippen LogP contribution is 2.19. The number of rotatable bonds is 2. The highest BCUT2D eigenvalue weighted by Gasteiger charge is 2.17. The number of anilines is 1. The summed E-state index contributed by atoms with van der Waals surface area (Å²) in [6.07, 6.45) is 0. The Morgan fingerprint density at radius 2 is 2.19 bits per heavy atom. The molecule has 0 saturated heterocycles. The second kappa shape index (κ2) is 3.75. The minimum absolute atomic E-state index is 0.0385. The molecule has 2 aromatic rings. The molecular formula is C9H9BrN4O2. The van der Waals surface area contributed by atoms with Crippen LogP contribution in [0.2, 0.25) is 0 Å². The van der Waals surface area contributed by atoms with Crippen LogP contribution in [0.25, 0.3) is 5.65 Å². The van der Waals surface area contributed by atoms with Gasteiger partial charge in [-0.25, -0.2) is 14.3 Å². The molecule has 16 heavy (non-hydrogen) atoms. The van der Waals surface area contributed by atoms with Gasteiger partial charge in [0.05, 0.1) is 0 Å². The van der Waals surface area contributed by atoms with E-state index in [4.69, 9.17) is 5.11 Å². The zero-order valence-electron chi connectivity index (χ0n) is 8.68. The molecule has 0 aliphatic rings. The van der Waals surface area contributed by atoms with E-state index in [0.717, 1.165) is 5.82 Å². The summed E-state index contributed by atoms with van der Waals surface area (Å²) in [7, 11) is 3.72. The summed E-state index contributed by atoms with van der Waals surface area (Å²) in [5.74, 6) is -0.355. The Labute approximate surface area is 99.6 Å². The van der Waals surface area contributed by atoms with E-state index in [1.54, 1.807) is 12.1 Å². The second-order valence-corrected chi connectivity index (χ2v) is 4.16. The number of carboxylic acids is 1. The minimum Gasteiger partial charge on any atom is -0.476 e. The Bertz CT molecular complexity index is 564. The molecule has 84 valence electrons. The minimum atomic E-state index is -1.08. The number of halogens is 1. The van der Waals surface area contributed by atoms with E-state index in [1.807, 2.05) is 19.0 Å². The van der Waals surface area contributed by atoms with Crippen LogP contribution < -0.4 is 4.90 Å². The first-order valence-corrected chi connectivity index (χ1v) is 5.26. The van der Waals surface area contributed by atoms with Crippen molar-refractivity contribution < 1.29 is 9.90 Å². The maximum Gasteiger partial charge on any atom is 0.357 e. The molecule has 2 aromatic heterocycles. The van der Waals surface area contributed by atoms with Crippen LogP contribution in [0, 0.1) is 0 Å². The quantitative estimate of drug-likeness (QED) is 0.899. The van der Waals surface area contributed by atoms with Crippen molar-refractivity contribution in [2.75, 3.05) is 19.0 Å². The summed E-state index contributed by atoms with van der Waals surface area (Å²) >= 11 is 3.17. The number of hydrogen-bond acceptors (Lipinski definition) is 4. The van der Waals surface area contributed by atoms with Crippen molar-refractivity contribution in [3.05, 3.63) is 22.4 Å². The van der Waals surface area contributed by atoms with Gasteiger partial charge in [-0.3, -0.25) is 0 Å². The van der Waals surface area contributed by atoms with Gasteiger partial charge >= 0.3 is 5.97 Å². The van der Waals surface area contributed by atoms with Gasteiger partial charge in [-0.1, -0.05) is 0 Å². The van der Waals surface area contributed by atoms with E-state index in [-0.39, 0.29) is 5.69 Å². The van der Waals surface area contributed by atoms with Crippen molar-refractivity contribution in [2.24, 2.45) is 0 Å². The predicted octanol–water partition coefficient (Wildman–Crippen LogP) is 1.26. The Morgan fingerprint density at radius 1 is 1.50 bits per heavy atom. The third-order valence-corrected chi connectivity index (χ3v) is 2.78. The first kappa shape index (κ1) is 10.9. The van der Waals surface area contributed by atoms with Crippen LogP contribution in [0.4, 0.5) is 5.82 Å². The molecule has 2 heterocycles. The van der Waals surface area contributed by atoms with Crippen LogP contribution in [-0.2, 0) is 0 Å². The lowest BCUT2D eigenvalue weighted by Gasteiger charge is -2.10. The predicted molar refractivity (Wildman–Crippen MR) is 62.0 cm³/mol. The van der Waals surface area contributed by atoms with Crippen molar-refractivity contribution in [1.82, 2.24) is 14.6 Å².